The molecule has 2 aliphatic heterocycles. The Bertz CT molecular complexity index is 749. The highest BCUT2D eigenvalue weighted by atomic mass is 16.6. The van der Waals surface area contributed by atoms with Crippen LogP contribution in [0.25, 0.3) is 0 Å². The summed E-state index contributed by atoms with van der Waals surface area (Å²) in [6, 6.07) is 4.47. The van der Waals surface area contributed by atoms with Crippen molar-refractivity contribution in [1.82, 2.24) is 10.2 Å². The summed E-state index contributed by atoms with van der Waals surface area (Å²) in [6.07, 6.45) is 3.69. The summed E-state index contributed by atoms with van der Waals surface area (Å²) < 4.78 is 17.1. The molecule has 0 bridgehead atoms. The number of fused-ring (bicyclic) bond motifs is 3. The van der Waals surface area contributed by atoms with Crippen LogP contribution in [0.4, 0.5) is 4.79 Å². The van der Waals surface area contributed by atoms with E-state index in [1.54, 1.807) is 14.2 Å². The number of ether oxygens (including phenoxy) is 3. The Balaban J connectivity index is 1.81. The van der Waals surface area contributed by atoms with Crippen molar-refractivity contribution in [3.05, 3.63) is 23.3 Å². The van der Waals surface area contributed by atoms with Gasteiger partial charge in [-0.1, -0.05) is 34.1 Å². The molecule has 1 fully saturated rings. The van der Waals surface area contributed by atoms with Gasteiger partial charge in [0.15, 0.2) is 11.5 Å². The standard InChI is InChI=1S/C25H40N2O4/c1-16(2)7-8-19-15-27-10-9-18-11-23(29-5)24(30-6)12-20(18)21(27)13-22(19)31-25(28)26-14-17(3)4/h11-12,16-17,19,21-22H,7-10,13-15H2,1-6H3,(H,26,28)/t19-,21-,22-/m1/s1. The molecule has 0 radical (unpaired) electrons. The summed E-state index contributed by atoms with van der Waals surface area (Å²) >= 11 is 0. The second-order valence-corrected chi connectivity index (χ2v) is 9.85. The van der Waals surface area contributed by atoms with Crippen LogP contribution in [0.1, 0.15) is 64.1 Å². The first-order chi connectivity index (χ1) is 14.8. The van der Waals surface area contributed by atoms with Crippen LogP contribution in [-0.2, 0) is 11.2 Å². The molecule has 1 aromatic rings. The first kappa shape index (κ1) is 23.7. The van der Waals surface area contributed by atoms with Gasteiger partial charge >= 0.3 is 6.09 Å². The first-order valence-corrected chi connectivity index (χ1v) is 11.8. The van der Waals surface area contributed by atoms with Gasteiger partial charge in [-0.05, 0) is 47.9 Å². The van der Waals surface area contributed by atoms with Crippen LogP contribution in [0.15, 0.2) is 12.1 Å². The maximum atomic E-state index is 12.5. The van der Waals surface area contributed by atoms with Crippen LogP contribution >= 0.6 is 0 Å². The molecule has 3 atom stereocenters. The minimum Gasteiger partial charge on any atom is -0.493 e. The highest BCUT2D eigenvalue weighted by molar-refractivity contribution is 5.67. The molecule has 0 saturated carbocycles. The van der Waals surface area contributed by atoms with Crippen molar-refractivity contribution in [1.29, 1.82) is 0 Å². The van der Waals surface area contributed by atoms with E-state index in [-0.39, 0.29) is 18.2 Å². The fourth-order valence-corrected chi connectivity index (χ4v) is 4.84. The number of hydrogen-bond acceptors (Lipinski definition) is 5. The summed E-state index contributed by atoms with van der Waals surface area (Å²) in [6.45, 7) is 11.3. The molecule has 1 aromatic carbocycles. The predicted octanol–water partition coefficient (Wildman–Crippen LogP) is 4.81. The van der Waals surface area contributed by atoms with Gasteiger partial charge in [-0.15, -0.1) is 0 Å². The number of piperidine rings is 1. The van der Waals surface area contributed by atoms with Crippen LogP contribution in [0, 0.1) is 17.8 Å². The van der Waals surface area contributed by atoms with Crippen molar-refractivity contribution in [3.63, 3.8) is 0 Å². The number of carbonyl (C=O) groups excluding carboxylic acids is 1. The zero-order chi connectivity index (χ0) is 22.5. The molecule has 0 aromatic heterocycles. The monoisotopic (exact) mass is 432 g/mol. The number of carbonyl (C=O) groups is 1. The Morgan fingerprint density at radius 1 is 1.13 bits per heavy atom. The lowest BCUT2D eigenvalue weighted by atomic mass is 9.79. The topological polar surface area (TPSA) is 60.0 Å². The van der Waals surface area contributed by atoms with Crippen LogP contribution in [0.2, 0.25) is 0 Å². The molecule has 0 aliphatic carbocycles. The molecule has 2 aliphatic rings. The second-order valence-electron chi connectivity index (χ2n) is 9.85. The van der Waals surface area contributed by atoms with Crippen molar-refractivity contribution in [3.8, 4) is 11.5 Å². The number of amides is 1. The Hall–Kier alpha value is -1.95. The average Bonchev–Trinajstić information content (AvgIpc) is 2.75. The Morgan fingerprint density at radius 3 is 2.48 bits per heavy atom. The molecule has 6 heteroatoms. The van der Waals surface area contributed by atoms with Crippen molar-refractivity contribution in [2.75, 3.05) is 33.9 Å². The lowest BCUT2D eigenvalue weighted by Crippen LogP contribution is -2.50. The van der Waals surface area contributed by atoms with E-state index in [2.05, 4.69) is 50.0 Å². The number of nitrogens with one attached hydrogen (secondary N) is 1. The second kappa shape index (κ2) is 10.6. The molecule has 6 nitrogen and oxygen atoms in total. The van der Waals surface area contributed by atoms with Crippen molar-refractivity contribution >= 4 is 6.09 Å². The molecule has 31 heavy (non-hydrogen) atoms. The third-order valence-corrected chi connectivity index (χ3v) is 6.59. The molecular weight excluding hydrogens is 392 g/mol. The maximum absolute atomic E-state index is 12.5. The molecule has 0 unspecified atom stereocenters. The maximum Gasteiger partial charge on any atom is 0.407 e. The summed E-state index contributed by atoms with van der Waals surface area (Å²) in [4.78, 5) is 15.1. The lowest BCUT2D eigenvalue weighted by molar-refractivity contribution is -0.0271. The fourth-order valence-electron chi connectivity index (χ4n) is 4.84. The number of nitrogens with zero attached hydrogens (tertiary/aromatic N) is 1. The van der Waals surface area contributed by atoms with Crippen LogP contribution in [0.3, 0.4) is 0 Å². The third-order valence-electron chi connectivity index (χ3n) is 6.59. The minimum atomic E-state index is -0.287. The molecule has 1 N–H and O–H groups in total. The Labute approximate surface area is 187 Å². The van der Waals surface area contributed by atoms with E-state index in [1.165, 1.54) is 11.1 Å². The SMILES string of the molecule is COc1cc2c(cc1OC)[C@H]1C[C@@H](OC(=O)NCC(C)C)[C@H](CCC(C)C)CN1CC2. The number of benzene rings is 1. The Kier molecular flexibility index (Phi) is 8.09. The molecule has 1 saturated heterocycles. The normalized spacial score (nSPS) is 23.3. The van der Waals surface area contributed by atoms with Gasteiger partial charge < -0.3 is 19.5 Å². The average molecular weight is 433 g/mol. The van der Waals surface area contributed by atoms with Crippen LogP contribution in [0.5, 0.6) is 11.5 Å². The third kappa shape index (κ3) is 5.85. The number of rotatable bonds is 8. The summed E-state index contributed by atoms with van der Waals surface area (Å²) in [5, 5.41) is 2.93. The molecule has 2 heterocycles. The zero-order valence-electron chi connectivity index (χ0n) is 20.1. The highest BCUT2D eigenvalue weighted by Crippen LogP contribution is 2.44. The van der Waals surface area contributed by atoms with Gasteiger partial charge in [0.2, 0.25) is 0 Å². The number of alkyl carbamates (subject to hydrolysis) is 1. The van der Waals surface area contributed by atoms with Gasteiger partial charge in [0.25, 0.3) is 0 Å². The van der Waals surface area contributed by atoms with Crippen molar-refractivity contribution < 1.29 is 19.0 Å². The van der Waals surface area contributed by atoms with E-state index in [0.717, 1.165) is 50.3 Å². The van der Waals surface area contributed by atoms with Crippen molar-refractivity contribution in [2.45, 2.75) is 65.5 Å². The van der Waals surface area contributed by atoms with E-state index in [0.29, 0.717) is 24.3 Å². The summed E-state index contributed by atoms with van der Waals surface area (Å²) in [5.41, 5.74) is 2.59. The van der Waals surface area contributed by atoms with E-state index < -0.39 is 0 Å². The molecule has 3 rings (SSSR count). The Morgan fingerprint density at radius 2 is 1.84 bits per heavy atom. The summed E-state index contributed by atoms with van der Waals surface area (Å²) in [5.74, 6) is 2.95. The molecular formula is C25H40N2O4. The van der Waals surface area contributed by atoms with E-state index in [4.69, 9.17) is 14.2 Å². The predicted molar refractivity (Wildman–Crippen MR) is 123 cm³/mol. The van der Waals surface area contributed by atoms with Gasteiger partial charge in [0, 0.05) is 38.0 Å². The number of hydrogen-bond donors (Lipinski definition) is 1. The van der Waals surface area contributed by atoms with E-state index in [9.17, 15) is 4.79 Å². The van der Waals surface area contributed by atoms with Gasteiger partial charge in [0.1, 0.15) is 6.10 Å². The van der Waals surface area contributed by atoms with Crippen molar-refractivity contribution in [2.24, 2.45) is 17.8 Å². The van der Waals surface area contributed by atoms with E-state index in [1.807, 2.05) is 0 Å². The van der Waals surface area contributed by atoms with Crippen LogP contribution < -0.4 is 14.8 Å². The smallest absolute Gasteiger partial charge is 0.407 e. The quantitative estimate of drug-likeness (QED) is 0.639. The van der Waals surface area contributed by atoms with Gasteiger partial charge in [-0.3, -0.25) is 4.90 Å². The molecule has 1 amide bonds. The molecule has 0 spiro atoms. The van der Waals surface area contributed by atoms with Crippen LogP contribution in [-0.4, -0.2) is 51.0 Å². The van der Waals surface area contributed by atoms with Gasteiger partial charge in [-0.2, -0.15) is 0 Å². The molecule has 174 valence electrons. The first-order valence-electron chi connectivity index (χ1n) is 11.8. The highest BCUT2D eigenvalue weighted by Gasteiger charge is 2.41. The van der Waals surface area contributed by atoms with Gasteiger partial charge in [0.05, 0.1) is 14.2 Å². The fraction of sp³-hybridized carbons (Fsp3) is 0.720. The van der Waals surface area contributed by atoms with E-state index >= 15 is 0 Å². The zero-order valence-corrected chi connectivity index (χ0v) is 20.1. The summed E-state index contributed by atoms with van der Waals surface area (Å²) in [7, 11) is 3.36. The lowest BCUT2D eigenvalue weighted by Gasteiger charge is -2.47. The largest absolute Gasteiger partial charge is 0.493 e. The van der Waals surface area contributed by atoms with Gasteiger partial charge in [-0.25, -0.2) is 4.79 Å². The number of methoxy groups -OCH3 is 2. The minimum absolute atomic E-state index is 0.0776.